The number of rotatable bonds is 4. The first-order valence-corrected chi connectivity index (χ1v) is 7.41. The van der Waals surface area contributed by atoms with Crippen LogP contribution in [0.25, 0.3) is 0 Å². The van der Waals surface area contributed by atoms with Crippen molar-refractivity contribution in [2.75, 3.05) is 11.9 Å². The molecule has 0 saturated heterocycles. The van der Waals surface area contributed by atoms with Crippen LogP contribution >= 0.6 is 0 Å². The molecule has 0 unspecified atom stereocenters. The summed E-state index contributed by atoms with van der Waals surface area (Å²) in [6.45, 7) is 1.69. The molecular formula is C18H20N2O. The molecule has 108 valence electrons. The molecular weight excluding hydrogens is 260 g/mol. The molecule has 1 aliphatic rings. The molecule has 2 N–H and O–H groups in total. The van der Waals surface area contributed by atoms with Gasteiger partial charge in [-0.25, -0.2) is 0 Å². The lowest BCUT2D eigenvalue weighted by atomic mass is 10.00. The zero-order valence-corrected chi connectivity index (χ0v) is 12.0. The summed E-state index contributed by atoms with van der Waals surface area (Å²) in [6.07, 6.45) is 4.26. The van der Waals surface area contributed by atoms with Crippen LogP contribution in [-0.4, -0.2) is 17.9 Å². The van der Waals surface area contributed by atoms with Gasteiger partial charge in [-0.2, -0.15) is 0 Å². The third-order valence-electron chi connectivity index (χ3n) is 3.89. The molecule has 3 rings (SSSR count). The number of hydrogen-bond acceptors (Lipinski definition) is 3. The fourth-order valence-corrected chi connectivity index (χ4v) is 2.75. The van der Waals surface area contributed by atoms with Crippen molar-refractivity contribution in [3.8, 4) is 0 Å². The van der Waals surface area contributed by atoms with E-state index in [0.29, 0.717) is 6.54 Å². The van der Waals surface area contributed by atoms with Crippen LogP contribution in [0.3, 0.4) is 0 Å². The Morgan fingerprint density at radius 1 is 1.10 bits per heavy atom. The molecule has 2 aromatic carbocycles. The molecule has 3 nitrogen and oxygen atoms in total. The predicted octanol–water partition coefficient (Wildman–Crippen LogP) is 3.16. The van der Waals surface area contributed by atoms with Crippen LogP contribution in [0.2, 0.25) is 0 Å². The third-order valence-corrected chi connectivity index (χ3v) is 3.89. The number of nitrogens with one attached hydrogen (secondary N) is 1. The monoisotopic (exact) mass is 280 g/mol. The lowest BCUT2D eigenvalue weighted by Gasteiger charge is -2.19. The topological polar surface area (TPSA) is 44.6 Å². The molecule has 0 atom stereocenters. The van der Waals surface area contributed by atoms with Gasteiger partial charge in [-0.1, -0.05) is 42.5 Å². The molecule has 0 aliphatic carbocycles. The summed E-state index contributed by atoms with van der Waals surface area (Å²) in [5, 5.41) is 12.8. The molecule has 0 amide bonds. The standard InChI is InChI=1S/C18H20N2O/c21-13-17-6-2-1-5-15(17)11-19-12-16-8-3-7-14-9-4-10-20-18(14)16/h1-3,5-8,12,20-21H,4,9-11,13H2. The maximum atomic E-state index is 9.33. The second-order valence-electron chi connectivity index (χ2n) is 5.31. The zero-order valence-electron chi connectivity index (χ0n) is 12.0. The Bertz CT molecular complexity index is 649. The summed E-state index contributed by atoms with van der Waals surface area (Å²) in [5.41, 5.74) is 5.77. The predicted molar refractivity (Wildman–Crippen MR) is 86.9 cm³/mol. The Hall–Kier alpha value is -2.13. The van der Waals surface area contributed by atoms with Crippen LogP contribution in [0.15, 0.2) is 47.5 Å². The molecule has 3 heteroatoms. The van der Waals surface area contributed by atoms with Gasteiger partial charge in [0.05, 0.1) is 13.2 Å². The number of aryl methyl sites for hydroxylation is 1. The minimum Gasteiger partial charge on any atom is -0.392 e. The Morgan fingerprint density at radius 3 is 2.81 bits per heavy atom. The number of nitrogens with zero attached hydrogens (tertiary/aromatic N) is 1. The van der Waals surface area contributed by atoms with Gasteiger partial charge in [0.1, 0.15) is 0 Å². The summed E-state index contributed by atoms with van der Waals surface area (Å²) < 4.78 is 0. The quantitative estimate of drug-likeness (QED) is 0.845. The number of fused-ring (bicyclic) bond motifs is 1. The van der Waals surface area contributed by atoms with Crippen LogP contribution in [-0.2, 0) is 19.6 Å². The van der Waals surface area contributed by atoms with E-state index in [4.69, 9.17) is 0 Å². The van der Waals surface area contributed by atoms with Gasteiger partial charge in [0.25, 0.3) is 0 Å². The maximum absolute atomic E-state index is 9.33. The molecule has 0 fully saturated rings. The van der Waals surface area contributed by atoms with Gasteiger partial charge in [-0.15, -0.1) is 0 Å². The minimum absolute atomic E-state index is 0.0635. The van der Waals surface area contributed by atoms with Crippen molar-refractivity contribution in [2.24, 2.45) is 4.99 Å². The average Bonchev–Trinajstić information content (AvgIpc) is 2.55. The Morgan fingerprint density at radius 2 is 1.95 bits per heavy atom. The molecule has 1 aliphatic heterocycles. The lowest BCUT2D eigenvalue weighted by molar-refractivity contribution is 0.280. The zero-order chi connectivity index (χ0) is 14.5. The Balaban J connectivity index is 1.78. The van der Waals surface area contributed by atoms with Gasteiger partial charge in [-0.05, 0) is 29.5 Å². The molecule has 0 bridgehead atoms. The van der Waals surface area contributed by atoms with Crippen LogP contribution in [0.5, 0.6) is 0 Å². The number of aliphatic hydroxyl groups excluding tert-OH is 1. The summed E-state index contributed by atoms with van der Waals surface area (Å²) in [5.74, 6) is 0. The minimum atomic E-state index is 0.0635. The second kappa shape index (κ2) is 6.55. The molecule has 21 heavy (non-hydrogen) atoms. The average molecular weight is 280 g/mol. The van der Waals surface area contributed by atoms with Crippen LogP contribution in [0, 0.1) is 0 Å². The van der Waals surface area contributed by atoms with Gasteiger partial charge < -0.3 is 10.4 Å². The fourth-order valence-electron chi connectivity index (χ4n) is 2.75. The third kappa shape index (κ3) is 3.14. The first kappa shape index (κ1) is 13.8. The van der Waals surface area contributed by atoms with Crippen LogP contribution in [0.4, 0.5) is 5.69 Å². The van der Waals surface area contributed by atoms with Gasteiger partial charge in [0.2, 0.25) is 0 Å². The van der Waals surface area contributed by atoms with E-state index in [1.165, 1.54) is 17.7 Å². The highest BCUT2D eigenvalue weighted by atomic mass is 16.3. The van der Waals surface area contributed by atoms with Gasteiger partial charge in [-0.3, -0.25) is 4.99 Å². The van der Waals surface area contributed by atoms with E-state index in [-0.39, 0.29) is 6.61 Å². The number of hydrogen-bond donors (Lipinski definition) is 2. The molecule has 0 radical (unpaired) electrons. The second-order valence-corrected chi connectivity index (χ2v) is 5.31. The summed E-state index contributed by atoms with van der Waals surface area (Å²) in [4.78, 5) is 4.55. The number of aliphatic imine (C=N–C) groups is 1. The lowest BCUT2D eigenvalue weighted by Crippen LogP contribution is -2.13. The van der Waals surface area contributed by atoms with Crippen LogP contribution < -0.4 is 5.32 Å². The number of benzene rings is 2. The molecule has 1 heterocycles. The van der Waals surface area contributed by atoms with E-state index in [1.807, 2.05) is 30.5 Å². The highest BCUT2D eigenvalue weighted by Crippen LogP contribution is 2.24. The Kier molecular flexibility index (Phi) is 4.31. The van der Waals surface area contributed by atoms with Gasteiger partial charge in [0, 0.05) is 24.0 Å². The number of aliphatic hydroxyl groups is 1. The van der Waals surface area contributed by atoms with Crippen molar-refractivity contribution in [3.05, 3.63) is 64.7 Å². The summed E-state index contributed by atoms with van der Waals surface area (Å²) in [6, 6.07) is 14.2. The van der Waals surface area contributed by atoms with Crippen molar-refractivity contribution in [2.45, 2.75) is 26.0 Å². The van der Waals surface area contributed by atoms with Crippen molar-refractivity contribution in [1.29, 1.82) is 0 Å². The van der Waals surface area contributed by atoms with Crippen molar-refractivity contribution in [1.82, 2.24) is 0 Å². The van der Waals surface area contributed by atoms with Crippen molar-refractivity contribution < 1.29 is 5.11 Å². The van der Waals surface area contributed by atoms with Crippen LogP contribution in [0.1, 0.15) is 28.7 Å². The van der Waals surface area contributed by atoms with Crippen molar-refractivity contribution in [3.63, 3.8) is 0 Å². The summed E-state index contributed by atoms with van der Waals surface area (Å²) >= 11 is 0. The van der Waals surface area contributed by atoms with E-state index >= 15 is 0 Å². The number of para-hydroxylation sites is 1. The maximum Gasteiger partial charge on any atom is 0.0685 e. The van der Waals surface area contributed by atoms with Crippen molar-refractivity contribution >= 4 is 11.9 Å². The smallest absolute Gasteiger partial charge is 0.0685 e. The highest BCUT2D eigenvalue weighted by molar-refractivity contribution is 5.89. The first-order chi connectivity index (χ1) is 10.4. The van der Waals surface area contributed by atoms with E-state index in [9.17, 15) is 5.11 Å². The molecule has 0 saturated carbocycles. The van der Waals surface area contributed by atoms with Gasteiger partial charge >= 0.3 is 0 Å². The highest BCUT2D eigenvalue weighted by Gasteiger charge is 2.10. The fraction of sp³-hybridized carbons (Fsp3) is 0.278. The Labute approximate surface area is 125 Å². The normalized spacial score (nSPS) is 14.0. The van der Waals surface area contributed by atoms with E-state index in [1.54, 1.807) is 0 Å². The van der Waals surface area contributed by atoms with Gasteiger partial charge in [0.15, 0.2) is 0 Å². The largest absolute Gasteiger partial charge is 0.392 e. The molecule has 2 aromatic rings. The van der Waals surface area contributed by atoms with E-state index in [0.717, 1.165) is 29.7 Å². The molecule has 0 aromatic heterocycles. The molecule has 0 spiro atoms. The van der Waals surface area contributed by atoms with E-state index < -0.39 is 0 Å². The SMILES string of the molecule is OCc1ccccc1CN=Cc1cccc2c1NCCC2. The number of anilines is 1. The van der Waals surface area contributed by atoms with E-state index in [2.05, 4.69) is 28.5 Å². The first-order valence-electron chi connectivity index (χ1n) is 7.41. The summed E-state index contributed by atoms with van der Waals surface area (Å²) in [7, 11) is 0.